The molecule has 1 heterocycles. The number of nitrogens with zero attached hydrogens (tertiary/aromatic N) is 3. The van der Waals surface area contributed by atoms with Crippen molar-refractivity contribution >= 4 is 11.4 Å². The summed E-state index contributed by atoms with van der Waals surface area (Å²) in [6.07, 6.45) is 0.780. The molecule has 0 bridgehead atoms. The van der Waals surface area contributed by atoms with Gasteiger partial charge in [0.05, 0.1) is 4.92 Å². The highest BCUT2D eigenvalue weighted by atomic mass is 16.6. The summed E-state index contributed by atoms with van der Waals surface area (Å²) >= 11 is 0. The molecule has 0 radical (unpaired) electrons. The summed E-state index contributed by atoms with van der Waals surface area (Å²) in [7, 11) is 0. The van der Waals surface area contributed by atoms with Crippen LogP contribution in [-0.2, 0) is 6.42 Å². The molecule has 0 aliphatic rings. The van der Waals surface area contributed by atoms with E-state index >= 15 is 0 Å². The number of aryl methyl sites for hydroxylation is 1. The summed E-state index contributed by atoms with van der Waals surface area (Å²) in [6.45, 7) is 2.30. The molecule has 0 unspecified atom stereocenters. The van der Waals surface area contributed by atoms with Gasteiger partial charge in [-0.15, -0.1) is 0 Å². The van der Waals surface area contributed by atoms with E-state index in [4.69, 9.17) is 4.52 Å². The SMILES string of the molecule is Cc1noc(-c2ccc(NCCc3ccccc3)c([N+](=O)[O-])c2)n1. The maximum Gasteiger partial charge on any atom is 0.293 e. The fraction of sp³-hybridized carbons (Fsp3) is 0.176. The van der Waals surface area contributed by atoms with E-state index in [9.17, 15) is 10.1 Å². The van der Waals surface area contributed by atoms with Crippen molar-refractivity contribution in [3.63, 3.8) is 0 Å². The van der Waals surface area contributed by atoms with Crippen LogP contribution in [0, 0.1) is 17.0 Å². The van der Waals surface area contributed by atoms with Gasteiger partial charge in [-0.1, -0.05) is 35.5 Å². The highest BCUT2D eigenvalue weighted by Gasteiger charge is 2.17. The summed E-state index contributed by atoms with van der Waals surface area (Å²) in [5.41, 5.74) is 2.15. The van der Waals surface area contributed by atoms with Crippen LogP contribution in [0.5, 0.6) is 0 Å². The first-order chi connectivity index (χ1) is 11.6. The lowest BCUT2D eigenvalue weighted by atomic mass is 10.1. The molecule has 0 amide bonds. The minimum atomic E-state index is -0.419. The predicted molar refractivity (Wildman–Crippen MR) is 89.8 cm³/mol. The second kappa shape index (κ2) is 6.91. The van der Waals surface area contributed by atoms with Crippen LogP contribution in [0.15, 0.2) is 53.1 Å². The molecule has 0 aliphatic heterocycles. The van der Waals surface area contributed by atoms with Crippen molar-refractivity contribution in [2.75, 3.05) is 11.9 Å². The molecule has 3 rings (SSSR count). The molecule has 3 aromatic rings. The molecule has 0 spiro atoms. The molecule has 0 atom stereocenters. The van der Waals surface area contributed by atoms with Crippen LogP contribution in [-0.4, -0.2) is 21.6 Å². The number of anilines is 1. The van der Waals surface area contributed by atoms with E-state index < -0.39 is 4.92 Å². The first kappa shape index (κ1) is 15.7. The minimum absolute atomic E-state index is 0.0172. The second-order valence-corrected chi connectivity index (χ2v) is 5.30. The van der Waals surface area contributed by atoms with Crippen LogP contribution < -0.4 is 5.32 Å². The average Bonchev–Trinajstić information content (AvgIpc) is 3.02. The average molecular weight is 324 g/mol. The van der Waals surface area contributed by atoms with Gasteiger partial charge in [0.15, 0.2) is 5.82 Å². The standard InChI is InChI=1S/C17H16N4O3/c1-12-19-17(24-20-12)14-7-8-15(16(11-14)21(22)23)18-10-9-13-5-3-2-4-6-13/h2-8,11,18H,9-10H2,1H3. The topological polar surface area (TPSA) is 94.1 Å². The van der Waals surface area contributed by atoms with Gasteiger partial charge in [-0.05, 0) is 31.0 Å². The number of nitro benzene ring substituents is 1. The van der Waals surface area contributed by atoms with Gasteiger partial charge < -0.3 is 9.84 Å². The van der Waals surface area contributed by atoms with Crippen molar-refractivity contribution < 1.29 is 9.45 Å². The van der Waals surface area contributed by atoms with Crippen LogP contribution in [0.1, 0.15) is 11.4 Å². The summed E-state index contributed by atoms with van der Waals surface area (Å²) in [5, 5.41) is 18.2. The van der Waals surface area contributed by atoms with Crippen molar-refractivity contribution in [1.29, 1.82) is 0 Å². The molecule has 122 valence electrons. The second-order valence-electron chi connectivity index (χ2n) is 5.30. The van der Waals surface area contributed by atoms with Gasteiger partial charge in [-0.25, -0.2) is 0 Å². The minimum Gasteiger partial charge on any atom is -0.379 e. The molecule has 24 heavy (non-hydrogen) atoms. The van der Waals surface area contributed by atoms with Crippen LogP contribution >= 0.6 is 0 Å². The number of hydrogen-bond acceptors (Lipinski definition) is 6. The Morgan fingerprint density at radius 1 is 1.21 bits per heavy atom. The molecule has 1 aromatic heterocycles. The molecule has 2 aromatic carbocycles. The van der Waals surface area contributed by atoms with E-state index in [1.54, 1.807) is 19.1 Å². The van der Waals surface area contributed by atoms with Crippen molar-refractivity contribution in [1.82, 2.24) is 10.1 Å². The van der Waals surface area contributed by atoms with Crippen LogP contribution in [0.4, 0.5) is 11.4 Å². The van der Waals surface area contributed by atoms with E-state index in [0.29, 0.717) is 23.6 Å². The Labute approximate surface area is 138 Å². The Bertz CT molecular complexity index is 846. The van der Waals surface area contributed by atoms with Gasteiger partial charge >= 0.3 is 0 Å². The highest BCUT2D eigenvalue weighted by Crippen LogP contribution is 2.30. The van der Waals surface area contributed by atoms with Crippen LogP contribution in [0.2, 0.25) is 0 Å². The zero-order chi connectivity index (χ0) is 16.9. The molecule has 0 saturated carbocycles. The first-order valence-corrected chi connectivity index (χ1v) is 7.50. The van der Waals surface area contributed by atoms with Gasteiger partial charge in [-0.2, -0.15) is 4.98 Å². The lowest BCUT2D eigenvalue weighted by molar-refractivity contribution is -0.383. The Morgan fingerprint density at radius 3 is 2.67 bits per heavy atom. The van der Waals surface area contributed by atoms with Crippen molar-refractivity contribution in [2.24, 2.45) is 0 Å². The summed E-state index contributed by atoms with van der Waals surface area (Å²) < 4.78 is 5.06. The van der Waals surface area contributed by atoms with Crippen LogP contribution in [0.3, 0.4) is 0 Å². The normalized spacial score (nSPS) is 10.5. The maximum atomic E-state index is 11.3. The lowest BCUT2D eigenvalue weighted by Crippen LogP contribution is -2.07. The molecular formula is C17H16N4O3. The largest absolute Gasteiger partial charge is 0.379 e. The number of aromatic nitrogens is 2. The molecule has 1 N–H and O–H groups in total. The van der Waals surface area contributed by atoms with Gasteiger partial charge in [0.1, 0.15) is 5.69 Å². The Kier molecular flexibility index (Phi) is 4.51. The van der Waals surface area contributed by atoms with Crippen molar-refractivity contribution in [2.45, 2.75) is 13.3 Å². The smallest absolute Gasteiger partial charge is 0.293 e. The Morgan fingerprint density at radius 2 is 2.00 bits per heavy atom. The first-order valence-electron chi connectivity index (χ1n) is 7.50. The van der Waals surface area contributed by atoms with E-state index in [-0.39, 0.29) is 11.6 Å². The third kappa shape index (κ3) is 3.57. The monoisotopic (exact) mass is 324 g/mol. The van der Waals surface area contributed by atoms with Crippen molar-refractivity contribution in [3.8, 4) is 11.5 Å². The summed E-state index contributed by atoms with van der Waals surface area (Å²) in [5.74, 6) is 0.754. The van der Waals surface area contributed by atoms with Crippen LogP contribution in [0.25, 0.3) is 11.5 Å². The molecular weight excluding hydrogens is 308 g/mol. The molecule has 7 nitrogen and oxygen atoms in total. The van der Waals surface area contributed by atoms with E-state index in [1.807, 2.05) is 30.3 Å². The van der Waals surface area contributed by atoms with Gasteiger partial charge in [0, 0.05) is 18.2 Å². The molecule has 0 aliphatic carbocycles. The zero-order valence-corrected chi connectivity index (χ0v) is 13.1. The fourth-order valence-electron chi connectivity index (χ4n) is 2.37. The molecule has 0 saturated heterocycles. The number of hydrogen-bond donors (Lipinski definition) is 1. The third-order valence-electron chi connectivity index (χ3n) is 3.54. The number of nitrogens with one attached hydrogen (secondary N) is 1. The molecule has 0 fully saturated rings. The van der Waals surface area contributed by atoms with E-state index in [1.165, 1.54) is 11.6 Å². The predicted octanol–water partition coefficient (Wildman–Crippen LogP) is 3.61. The van der Waals surface area contributed by atoms with E-state index in [0.717, 1.165) is 6.42 Å². The summed E-state index contributed by atoms with van der Waals surface area (Å²) in [6, 6.07) is 14.8. The quantitative estimate of drug-likeness (QED) is 0.550. The number of rotatable bonds is 6. The number of benzene rings is 2. The highest BCUT2D eigenvalue weighted by molar-refractivity contribution is 5.69. The summed E-state index contributed by atoms with van der Waals surface area (Å²) in [4.78, 5) is 15.0. The Balaban J connectivity index is 1.76. The Hall–Kier alpha value is -3.22. The fourth-order valence-corrected chi connectivity index (χ4v) is 2.37. The van der Waals surface area contributed by atoms with Gasteiger partial charge in [0.25, 0.3) is 11.6 Å². The number of nitro groups is 1. The third-order valence-corrected chi connectivity index (χ3v) is 3.54. The van der Waals surface area contributed by atoms with Gasteiger partial charge in [-0.3, -0.25) is 10.1 Å². The maximum absolute atomic E-state index is 11.3. The van der Waals surface area contributed by atoms with Gasteiger partial charge in [0.2, 0.25) is 0 Å². The lowest BCUT2D eigenvalue weighted by Gasteiger charge is -2.08. The van der Waals surface area contributed by atoms with Crippen molar-refractivity contribution in [3.05, 3.63) is 70.0 Å². The van der Waals surface area contributed by atoms with E-state index in [2.05, 4.69) is 15.5 Å². The molecule has 7 heteroatoms. The zero-order valence-electron chi connectivity index (χ0n) is 13.1.